The van der Waals surface area contributed by atoms with Crippen molar-refractivity contribution in [3.05, 3.63) is 81.9 Å². The molecule has 0 unspecified atom stereocenters. The molecule has 2 aromatic heterocycles. The van der Waals surface area contributed by atoms with Crippen molar-refractivity contribution < 1.29 is 13.2 Å². The van der Waals surface area contributed by atoms with Gasteiger partial charge in [-0.2, -0.15) is 0 Å². The molecule has 8 nitrogen and oxygen atoms in total. The summed E-state index contributed by atoms with van der Waals surface area (Å²) >= 11 is 12.1. The number of benzene rings is 2. The Morgan fingerprint density at radius 2 is 1.67 bits per heavy atom. The van der Waals surface area contributed by atoms with Crippen molar-refractivity contribution in [3.8, 4) is 17.4 Å². The third-order valence-corrected chi connectivity index (χ3v) is 7.21. The largest absolute Gasteiger partial charge is 0.438 e. The zero-order valence-corrected chi connectivity index (χ0v) is 20.2. The molecule has 0 aliphatic carbocycles. The lowest BCUT2D eigenvalue weighted by molar-refractivity contribution is 0.454. The van der Waals surface area contributed by atoms with Crippen LogP contribution in [0.2, 0.25) is 10.0 Å². The van der Waals surface area contributed by atoms with Crippen molar-refractivity contribution in [3.63, 3.8) is 0 Å². The van der Waals surface area contributed by atoms with Gasteiger partial charge in [-0.1, -0.05) is 23.2 Å². The number of anilines is 1. The summed E-state index contributed by atoms with van der Waals surface area (Å²) in [5.74, 6) is 1.39. The highest BCUT2D eigenvalue weighted by molar-refractivity contribution is 7.92. The number of nitrogens with zero attached hydrogens (tertiary/aromatic N) is 4. The van der Waals surface area contributed by atoms with E-state index in [1.54, 1.807) is 49.6 Å². The Labute approximate surface area is 201 Å². The topological polar surface area (TPSA) is 99.0 Å². The van der Waals surface area contributed by atoms with E-state index in [0.29, 0.717) is 33.7 Å². The van der Waals surface area contributed by atoms with Crippen LogP contribution in [0.1, 0.15) is 17.0 Å². The smallest absolute Gasteiger partial charge is 0.263 e. The van der Waals surface area contributed by atoms with Gasteiger partial charge in [-0.15, -0.1) is 10.2 Å². The number of imidazole rings is 1. The first kappa shape index (κ1) is 23.0. The molecular weight excluding hydrogens is 485 g/mol. The SMILES string of the molecule is Cc1cc(S(=O)(=O)Nc2ccc(Oc3ccc(-n4cnc(C)c4C)nn3)cc2)c(Cl)cc1Cl. The normalized spacial score (nSPS) is 11.4. The molecule has 2 aromatic carbocycles. The summed E-state index contributed by atoms with van der Waals surface area (Å²) in [6.45, 7) is 5.58. The van der Waals surface area contributed by atoms with E-state index < -0.39 is 10.0 Å². The van der Waals surface area contributed by atoms with Crippen LogP contribution in [0.4, 0.5) is 5.69 Å². The molecule has 2 heterocycles. The van der Waals surface area contributed by atoms with Gasteiger partial charge in [0.1, 0.15) is 17.0 Å². The highest BCUT2D eigenvalue weighted by atomic mass is 35.5. The summed E-state index contributed by atoms with van der Waals surface area (Å²) in [7, 11) is -3.90. The van der Waals surface area contributed by atoms with Crippen LogP contribution in [0.3, 0.4) is 0 Å². The zero-order valence-electron chi connectivity index (χ0n) is 17.9. The summed E-state index contributed by atoms with van der Waals surface area (Å²) in [6, 6.07) is 12.7. The van der Waals surface area contributed by atoms with E-state index in [1.165, 1.54) is 12.1 Å². The molecule has 0 bridgehead atoms. The van der Waals surface area contributed by atoms with Crippen molar-refractivity contribution in [2.45, 2.75) is 25.7 Å². The van der Waals surface area contributed by atoms with Crippen LogP contribution in [0.5, 0.6) is 11.6 Å². The maximum Gasteiger partial charge on any atom is 0.263 e. The number of hydrogen-bond acceptors (Lipinski definition) is 6. The van der Waals surface area contributed by atoms with Gasteiger partial charge in [0.05, 0.1) is 10.7 Å². The molecule has 0 fully saturated rings. The van der Waals surface area contributed by atoms with E-state index in [9.17, 15) is 8.42 Å². The molecule has 0 atom stereocenters. The van der Waals surface area contributed by atoms with Crippen LogP contribution in [-0.4, -0.2) is 28.2 Å². The Morgan fingerprint density at radius 1 is 0.939 bits per heavy atom. The molecule has 0 aliphatic rings. The third-order valence-electron chi connectivity index (χ3n) is 4.96. The number of rotatable bonds is 6. The van der Waals surface area contributed by atoms with Gasteiger partial charge < -0.3 is 4.74 Å². The van der Waals surface area contributed by atoms with E-state index in [-0.39, 0.29) is 9.92 Å². The van der Waals surface area contributed by atoms with Gasteiger partial charge in [-0.05, 0) is 68.8 Å². The van der Waals surface area contributed by atoms with Crippen molar-refractivity contribution in [2.75, 3.05) is 4.72 Å². The molecule has 4 aromatic rings. The highest BCUT2D eigenvalue weighted by Gasteiger charge is 2.19. The molecule has 4 rings (SSSR count). The number of aromatic nitrogens is 4. The maximum atomic E-state index is 12.7. The van der Waals surface area contributed by atoms with E-state index in [0.717, 1.165) is 11.4 Å². The van der Waals surface area contributed by atoms with Gasteiger partial charge >= 0.3 is 0 Å². The van der Waals surface area contributed by atoms with Gasteiger partial charge in [0.25, 0.3) is 10.0 Å². The first-order valence-corrected chi connectivity index (χ1v) is 12.0. The fourth-order valence-electron chi connectivity index (χ4n) is 2.98. The van der Waals surface area contributed by atoms with E-state index in [1.807, 2.05) is 18.4 Å². The molecule has 0 amide bonds. The molecule has 170 valence electrons. The Hall–Kier alpha value is -3.14. The van der Waals surface area contributed by atoms with Crippen LogP contribution in [0.25, 0.3) is 5.82 Å². The summed E-state index contributed by atoms with van der Waals surface area (Å²) in [5, 5.41) is 8.70. The van der Waals surface area contributed by atoms with E-state index in [2.05, 4.69) is 19.9 Å². The Morgan fingerprint density at radius 3 is 2.27 bits per heavy atom. The standard InChI is InChI=1S/C22H19Cl2N5O3S/c1-13-10-20(19(24)11-18(13)23)33(30,31)28-16-4-6-17(7-5-16)32-22-9-8-21(26-27-22)29-12-25-14(2)15(29)3/h4-12,28H,1-3H3. The minimum Gasteiger partial charge on any atom is -0.438 e. The zero-order chi connectivity index (χ0) is 23.8. The van der Waals surface area contributed by atoms with Crippen LogP contribution in [0, 0.1) is 20.8 Å². The second kappa shape index (κ2) is 9.01. The number of sulfonamides is 1. The van der Waals surface area contributed by atoms with Gasteiger partial charge in [0, 0.05) is 22.5 Å². The van der Waals surface area contributed by atoms with E-state index in [4.69, 9.17) is 27.9 Å². The van der Waals surface area contributed by atoms with Crippen LogP contribution in [0.15, 0.2) is 59.8 Å². The lowest BCUT2D eigenvalue weighted by Gasteiger charge is -2.12. The van der Waals surface area contributed by atoms with E-state index >= 15 is 0 Å². The highest BCUT2D eigenvalue weighted by Crippen LogP contribution is 2.30. The fraction of sp³-hybridized carbons (Fsp3) is 0.136. The summed E-state index contributed by atoms with van der Waals surface area (Å²) in [6.07, 6.45) is 1.69. The first-order valence-electron chi connectivity index (χ1n) is 9.75. The Balaban J connectivity index is 1.46. The first-order chi connectivity index (χ1) is 15.6. The molecule has 1 N–H and O–H groups in total. The Bertz CT molecular complexity index is 1420. The minimum absolute atomic E-state index is 0.0427. The molecule has 33 heavy (non-hydrogen) atoms. The maximum absolute atomic E-state index is 12.7. The minimum atomic E-state index is -3.90. The number of hydrogen-bond donors (Lipinski definition) is 1. The lowest BCUT2D eigenvalue weighted by Crippen LogP contribution is -2.13. The van der Waals surface area contributed by atoms with Crippen LogP contribution in [-0.2, 0) is 10.0 Å². The molecule has 0 saturated carbocycles. The summed E-state index contributed by atoms with van der Waals surface area (Å²) in [4.78, 5) is 4.20. The van der Waals surface area contributed by atoms with Crippen LogP contribution < -0.4 is 9.46 Å². The quantitative estimate of drug-likeness (QED) is 0.373. The van der Waals surface area contributed by atoms with Crippen molar-refractivity contribution >= 4 is 38.9 Å². The molecule has 11 heteroatoms. The number of ether oxygens (including phenoxy) is 1. The van der Waals surface area contributed by atoms with Gasteiger partial charge in [0.2, 0.25) is 5.88 Å². The number of aryl methyl sites for hydroxylation is 2. The number of halogens is 2. The predicted molar refractivity (Wildman–Crippen MR) is 127 cm³/mol. The molecule has 0 saturated heterocycles. The molecule has 0 spiro atoms. The monoisotopic (exact) mass is 503 g/mol. The second-order valence-electron chi connectivity index (χ2n) is 7.28. The molecule has 0 radical (unpaired) electrons. The third kappa shape index (κ3) is 4.95. The van der Waals surface area contributed by atoms with Crippen molar-refractivity contribution in [2.24, 2.45) is 0 Å². The molecule has 0 aliphatic heterocycles. The van der Waals surface area contributed by atoms with Crippen molar-refractivity contribution in [1.29, 1.82) is 0 Å². The van der Waals surface area contributed by atoms with Gasteiger partial charge in [0.15, 0.2) is 5.82 Å². The van der Waals surface area contributed by atoms with Gasteiger partial charge in [-0.25, -0.2) is 13.4 Å². The van der Waals surface area contributed by atoms with Crippen LogP contribution >= 0.6 is 23.2 Å². The average molecular weight is 504 g/mol. The predicted octanol–water partition coefficient (Wildman–Crippen LogP) is 5.49. The lowest BCUT2D eigenvalue weighted by atomic mass is 10.2. The fourth-order valence-corrected chi connectivity index (χ4v) is 4.88. The molecular formula is C22H19Cl2N5O3S. The summed E-state index contributed by atoms with van der Waals surface area (Å²) < 4.78 is 35.5. The Kier molecular flexibility index (Phi) is 6.29. The van der Waals surface area contributed by atoms with Crippen molar-refractivity contribution in [1.82, 2.24) is 19.7 Å². The second-order valence-corrected chi connectivity index (χ2v) is 9.74. The average Bonchev–Trinajstić information content (AvgIpc) is 3.11. The summed E-state index contributed by atoms with van der Waals surface area (Å²) in [5.41, 5.74) is 2.85. The van der Waals surface area contributed by atoms with Gasteiger partial charge in [-0.3, -0.25) is 9.29 Å². The number of nitrogens with one attached hydrogen (secondary N) is 1.